The van der Waals surface area contributed by atoms with E-state index in [1.807, 2.05) is 0 Å². The van der Waals surface area contributed by atoms with Crippen molar-refractivity contribution in [1.82, 2.24) is 5.32 Å². The van der Waals surface area contributed by atoms with E-state index in [4.69, 9.17) is 5.11 Å². The van der Waals surface area contributed by atoms with E-state index >= 15 is 0 Å². The molecule has 0 heterocycles. The van der Waals surface area contributed by atoms with Gasteiger partial charge in [0.05, 0.1) is 0 Å². The first-order chi connectivity index (χ1) is 7.66. The van der Waals surface area contributed by atoms with Crippen LogP contribution in [0.5, 0.6) is 0 Å². The molecule has 16 heavy (non-hydrogen) atoms. The van der Waals surface area contributed by atoms with E-state index in [1.165, 1.54) is 22.3 Å². The molecule has 0 atom stereocenters. The van der Waals surface area contributed by atoms with Gasteiger partial charge in [0.2, 0.25) is 0 Å². The molecule has 1 aromatic rings. The van der Waals surface area contributed by atoms with Gasteiger partial charge in [-0.15, -0.1) is 0 Å². The normalized spacial score (nSPS) is 10.8. The molecular weight excluding hydrogens is 198 g/mol. The second-order valence-electron chi connectivity index (χ2n) is 4.37. The Kier molecular flexibility index (Phi) is 5.50. The molecular formula is C14H23NO. The van der Waals surface area contributed by atoms with Crippen LogP contribution in [-0.4, -0.2) is 24.8 Å². The van der Waals surface area contributed by atoms with Gasteiger partial charge in [0.25, 0.3) is 0 Å². The topological polar surface area (TPSA) is 32.3 Å². The molecule has 0 unspecified atom stereocenters. The minimum Gasteiger partial charge on any atom is -0.396 e. The van der Waals surface area contributed by atoms with Crippen molar-refractivity contribution in [3.63, 3.8) is 0 Å². The van der Waals surface area contributed by atoms with Gasteiger partial charge in [0.1, 0.15) is 0 Å². The van der Waals surface area contributed by atoms with Crippen molar-refractivity contribution >= 4 is 0 Å². The molecule has 0 bridgehead atoms. The predicted octanol–water partition coefficient (Wildman–Crippen LogP) is 2.13. The molecule has 2 heteroatoms. The third kappa shape index (κ3) is 3.62. The van der Waals surface area contributed by atoms with Gasteiger partial charge in [0.15, 0.2) is 0 Å². The summed E-state index contributed by atoms with van der Waals surface area (Å²) in [7, 11) is 0. The Morgan fingerprint density at radius 2 is 1.81 bits per heavy atom. The molecule has 2 nitrogen and oxygen atoms in total. The summed E-state index contributed by atoms with van der Waals surface area (Å²) in [5.74, 6) is 0. The number of hydrogen-bond acceptors (Lipinski definition) is 2. The van der Waals surface area contributed by atoms with E-state index in [1.54, 1.807) is 0 Å². The Morgan fingerprint density at radius 3 is 2.50 bits per heavy atom. The molecule has 0 spiro atoms. The standard InChI is InChI=1S/C14H23NO/c1-11-5-6-14(13(3)12(11)2)7-9-15-8-4-10-16/h5-6,15-16H,4,7-10H2,1-3H3. The summed E-state index contributed by atoms with van der Waals surface area (Å²) in [5.41, 5.74) is 5.63. The molecule has 0 amide bonds. The van der Waals surface area contributed by atoms with E-state index in [0.29, 0.717) is 0 Å². The molecule has 0 aromatic heterocycles. The fraction of sp³-hybridized carbons (Fsp3) is 0.571. The smallest absolute Gasteiger partial charge is 0.0443 e. The fourth-order valence-electron chi connectivity index (χ4n) is 1.84. The van der Waals surface area contributed by atoms with Crippen LogP contribution >= 0.6 is 0 Å². The van der Waals surface area contributed by atoms with Crippen LogP contribution in [0.4, 0.5) is 0 Å². The summed E-state index contributed by atoms with van der Waals surface area (Å²) in [5, 5.41) is 12.0. The summed E-state index contributed by atoms with van der Waals surface area (Å²) in [4.78, 5) is 0. The van der Waals surface area contributed by atoms with E-state index in [2.05, 4.69) is 38.2 Å². The molecule has 90 valence electrons. The van der Waals surface area contributed by atoms with Crippen molar-refractivity contribution in [3.8, 4) is 0 Å². The Balaban J connectivity index is 2.45. The van der Waals surface area contributed by atoms with Crippen LogP contribution in [0.15, 0.2) is 12.1 Å². The lowest BCUT2D eigenvalue weighted by molar-refractivity contribution is 0.286. The molecule has 0 saturated heterocycles. The second kappa shape index (κ2) is 6.66. The molecule has 0 aliphatic carbocycles. The minimum absolute atomic E-state index is 0.273. The summed E-state index contributed by atoms with van der Waals surface area (Å²) >= 11 is 0. The fourth-order valence-corrected chi connectivity index (χ4v) is 1.84. The maximum Gasteiger partial charge on any atom is 0.0443 e. The second-order valence-corrected chi connectivity index (χ2v) is 4.37. The van der Waals surface area contributed by atoms with Crippen molar-refractivity contribution in [1.29, 1.82) is 0 Å². The van der Waals surface area contributed by atoms with Gasteiger partial charge in [0, 0.05) is 6.61 Å². The van der Waals surface area contributed by atoms with Gasteiger partial charge in [-0.25, -0.2) is 0 Å². The molecule has 2 N–H and O–H groups in total. The molecule has 0 fully saturated rings. The highest BCUT2D eigenvalue weighted by atomic mass is 16.3. The van der Waals surface area contributed by atoms with Crippen LogP contribution in [0.2, 0.25) is 0 Å². The number of aliphatic hydroxyl groups is 1. The first-order valence-electron chi connectivity index (χ1n) is 6.04. The number of hydrogen-bond donors (Lipinski definition) is 2. The van der Waals surface area contributed by atoms with Crippen LogP contribution in [0.25, 0.3) is 0 Å². The molecule has 1 rings (SSSR count). The Hall–Kier alpha value is -0.860. The monoisotopic (exact) mass is 221 g/mol. The lowest BCUT2D eigenvalue weighted by atomic mass is 9.97. The van der Waals surface area contributed by atoms with Crippen LogP contribution in [-0.2, 0) is 6.42 Å². The van der Waals surface area contributed by atoms with Crippen molar-refractivity contribution in [2.45, 2.75) is 33.6 Å². The maximum absolute atomic E-state index is 8.65. The third-order valence-corrected chi connectivity index (χ3v) is 3.25. The third-order valence-electron chi connectivity index (χ3n) is 3.25. The predicted molar refractivity (Wildman–Crippen MR) is 68.9 cm³/mol. The van der Waals surface area contributed by atoms with Gasteiger partial charge >= 0.3 is 0 Å². The van der Waals surface area contributed by atoms with E-state index < -0.39 is 0 Å². The first-order valence-corrected chi connectivity index (χ1v) is 6.04. The first kappa shape index (κ1) is 13.2. The Bertz CT molecular complexity index is 334. The SMILES string of the molecule is Cc1ccc(CCNCCCO)c(C)c1C. The average molecular weight is 221 g/mol. The Labute approximate surface area is 98.7 Å². The lowest BCUT2D eigenvalue weighted by Crippen LogP contribution is -2.19. The van der Waals surface area contributed by atoms with E-state index in [0.717, 1.165) is 25.9 Å². The quantitative estimate of drug-likeness (QED) is 0.721. The van der Waals surface area contributed by atoms with Gasteiger partial charge in [-0.2, -0.15) is 0 Å². The number of benzene rings is 1. The van der Waals surface area contributed by atoms with Gasteiger partial charge in [-0.3, -0.25) is 0 Å². The van der Waals surface area contributed by atoms with Crippen molar-refractivity contribution in [2.24, 2.45) is 0 Å². The zero-order chi connectivity index (χ0) is 12.0. The highest BCUT2D eigenvalue weighted by Crippen LogP contribution is 2.17. The average Bonchev–Trinajstić information content (AvgIpc) is 2.28. The van der Waals surface area contributed by atoms with Gasteiger partial charge in [-0.05, 0) is 69.0 Å². The number of aliphatic hydroxyl groups excluding tert-OH is 1. The highest BCUT2D eigenvalue weighted by molar-refractivity contribution is 5.38. The zero-order valence-corrected chi connectivity index (χ0v) is 10.6. The summed E-state index contributed by atoms with van der Waals surface area (Å²) < 4.78 is 0. The van der Waals surface area contributed by atoms with Crippen molar-refractivity contribution in [3.05, 3.63) is 34.4 Å². The largest absolute Gasteiger partial charge is 0.396 e. The molecule has 0 saturated carbocycles. The number of rotatable bonds is 6. The molecule has 1 aromatic carbocycles. The summed E-state index contributed by atoms with van der Waals surface area (Å²) in [6, 6.07) is 4.43. The van der Waals surface area contributed by atoms with Crippen LogP contribution < -0.4 is 5.32 Å². The molecule has 0 radical (unpaired) electrons. The minimum atomic E-state index is 0.273. The lowest BCUT2D eigenvalue weighted by Gasteiger charge is -2.11. The summed E-state index contributed by atoms with van der Waals surface area (Å²) in [6.45, 7) is 8.71. The van der Waals surface area contributed by atoms with Gasteiger partial charge < -0.3 is 10.4 Å². The van der Waals surface area contributed by atoms with E-state index in [-0.39, 0.29) is 6.61 Å². The molecule has 0 aliphatic heterocycles. The van der Waals surface area contributed by atoms with E-state index in [9.17, 15) is 0 Å². The highest BCUT2D eigenvalue weighted by Gasteiger charge is 2.02. The van der Waals surface area contributed by atoms with Crippen LogP contribution in [0, 0.1) is 20.8 Å². The van der Waals surface area contributed by atoms with Gasteiger partial charge in [-0.1, -0.05) is 12.1 Å². The number of nitrogens with one attached hydrogen (secondary N) is 1. The molecule has 0 aliphatic rings. The van der Waals surface area contributed by atoms with Crippen molar-refractivity contribution in [2.75, 3.05) is 19.7 Å². The Morgan fingerprint density at radius 1 is 1.06 bits per heavy atom. The summed E-state index contributed by atoms with van der Waals surface area (Å²) in [6.07, 6.45) is 1.91. The number of aryl methyl sites for hydroxylation is 1. The van der Waals surface area contributed by atoms with Crippen LogP contribution in [0.3, 0.4) is 0 Å². The van der Waals surface area contributed by atoms with Crippen LogP contribution in [0.1, 0.15) is 28.7 Å². The maximum atomic E-state index is 8.65. The van der Waals surface area contributed by atoms with Crippen molar-refractivity contribution < 1.29 is 5.11 Å². The zero-order valence-electron chi connectivity index (χ0n) is 10.6.